The van der Waals surface area contributed by atoms with Gasteiger partial charge in [0, 0.05) is 25.2 Å². The van der Waals surface area contributed by atoms with Crippen LogP contribution in [0.1, 0.15) is 71.1 Å². The largest absolute Gasteiger partial charge is 0.481 e. The lowest BCUT2D eigenvalue weighted by molar-refractivity contribution is -0.137. The summed E-state index contributed by atoms with van der Waals surface area (Å²) in [6.07, 6.45) is 14.9. The van der Waals surface area contributed by atoms with Gasteiger partial charge < -0.3 is 5.11 Å². The Morgan fingerprint density at radius 2 is 1.96 bits per heavy atom. The molecule has 0 amide bonds. The summed E-state index contributed by atoms with van der Waals surface area (Å²) < 4.78 is 0. The molecule has 1 aliphatic carbocycles. The normalized spacial score (nSPS) is 21.1. The van der Waals surface area contributed by atoms with Crippen LogP contribution >= 0.6 is 0 Å². The molecule has 0 unspecified atom stereocenters. The second-order valence-corrected chi connectivity index (χ2v) is 6.55. The van der Waals surface area contributed by atoms with E-state index in [9.17, 15) is 14.4 Å². The molecule has 134 valence electrons. The molecule has 0 aromatic carbocycles. The lowest BCUT2D eigenvalue weighted by atomic mass is 9.91. The molecule has 0 bridgehead atoms. The number of carboxylic acid groups (broad SMARTS) is 1. The Morgan fingerprint density at radius 1 is 1.17 bits per heavy atom. The number of ketones is 2. The Morgan fingerprint density at radius 3 is 2.67 bits per heavy atom. The number of hydrogen-bond donors (Lipinski definition) is 1. The highest BCUT2D eigenvalue weighted by Gasteiger charge is 2.31. The van der Waals surface area contributed by atoms with Crippen molar-refractivity contribution in [2.75, 3.05) is 0 Å². The van der Waals surface area contributed by atoms with Gasteiger partial charge in [-0.2, -0.15) is 0 Å². The fourth-order valence-electron chi connectivity index (χ4n) is 3.07. The number of carbonyl (C=O) groups is 3. The molecule has 0 aromatic heterocycles. The monoisotopic (exact) mass is 334 g/mol. The van der Waals surface area contributed by atoms with Crippen LogP contribution in [0.4, 0.5) is 0 Å². The van der Waals surface area contributed by atoms with Gasteiger partial charge in [0.15, 0.2) is 5.78 Å². The molecular formula is C20H30O4. The van der Waals surface area contributed by atoms with Crippen LogP contribution in [-0.2, 0) is 14.4 Å². The highest BCUT2D eigenvalue weighted by Crippen LogP contribution is 2.32. The minimum absolute atomic E-state index is 0.0274. The van der Waals surface area contributed by atoms with E-state index in [0.29, 0.717) is 25.7 Å². The van der Waals surface area contributed by atoms with Crippen molar-refractivity contribution < 1.29 is 19.5 Å². The zero-order valence-corrected chi connectivity index (χ0v) is 14.7. The standard InChI is InChI=1S/C20H30O4/c1-2-3-6-9-17(21)14-12-16-13-15-19(22)18(16)10-7-4-5-8-11-20(23)24/h4,7,12,14,16,18H,2-3,5-6,8-11,13,15H2,1H3,(H,23,24)/b7-4-,14-12+/t16-,18-/m0/s1. The first-order chi connectivity index (χ1) is 11.5. The van der Waals surface area contributed by atoms with E-state index in [1.807, 2.05) is 18.2 Å². The molecule has 4 nitrogen and oxygen atoms in total. The van der Waals surface area contributed by atoms with Gasteiger partial charge in [-0.25, -0.2) is 0 Å². The van der Waals surface area contributed by atoms with Crippen LogP contribution in [0, 0.1) is 11.8 Å². The predicted octanol–water partition coefficient (Wildman–Crippen LogP) is 4.49. The maximum atomic E-state index is 12.0. The Balaban J connectivity index is 2.38. The van der Waals surface area contributed by atoms with Gasteiger partial charge in [-0.05, 0) is 44.1 Å². The third kappa shape index (κ3) is 8.23. The van der Waals surface area contributed by atoms with Crippen molar-refractivity contribution in [2.45, 2.75) is 71.1 Å². The second kappa shape index (κ2) is 11.8. The summed E-state index contributed by atoms with van der Waals surface area (Å²) >= 11 is 0. The number of hydrogen-bond acceptors (Lipinski definition) is 3. The topological polar surface area (TPSA) is 71.4 Å². The molecule has 1 aliphatic rings. The van der Waals surface area contributed by atoms with Crippen LogP contribution in [0.15, 0.2) is 24.3 Å². The number of carbonyl (C=O) groups excluding carboxylic acids is 2. The summed E-state index contributed by atoms with van der Waals surface area (Å²) in [7, 11) is 0. The molecule has 1 N–H and O–H groups in total. The molecule has 1 rings (SSSR count). The fourth-order valence-corrected chi connectivity index (χ4v) is 3.07. The van der Waals surface area contributed by atoms with E-state index in [1.165, 1.54) is 0 Å². The predicted molar refractivity (Wildman–Crippen MR) is 94.8 cm³/mol. The summed E-state index contributed by atoms with van der Waals surface area (Å²) in [5.41, 5.74) is 0. The lowest BCUT2D eigenvalue weighted by Gasteiger charge is -2.12. The first-order valence-electron chi connectivity index (χ1n) is 9.15. The molecular weight excluding hydrogens is 304 g/mol. The first kappa shape index (κ1) is 20.3. The molecule has 0 aliphatic heterocycles. The number of allylic oxidation sites excluding steroid dienone is 4. The first-order valence-corrected chi connectivity index (χ1v) is 9.15. The van der Waals surface area contributed by atoms with Gasteiger partial charge in [0.2, 0.25) is 0 Å². The van der Waals surface area contributed by atoms with Gasteiger partial charge in [-0.1, -0.05) is 38.0 Å². The minimum Gasteiger partial charge on any atom is -0.481 e. The third-order valence-corrected chi connectivity index (χ3v) is 4.53. The average Bonchev–Trinajstić information content (AvgIpc) is 2.89. The minimum atomic E-state index is -0.775. The van der Waals surface area contributed by atoms with Crippen LogP contribution in [0.2, 0.25) is 0 Å². The zero-order chi connectivity index (χ0) is 17.8. The number of unbranched alkanes of at least 4 members (excludes halogenated alkanes) is 3. The molecule has 1 saturated carbocycles. The third-order valence-electron chi connectivity index (χ3n) is 4.53. The van der Waals surface area contributed by atoms with Crippen molar-refractivity contribution in [3.63, 3.8) is 0 Å². The van der Waals surface area contributed by atoms with Crippen molar-refractivity contribution >= 4 is 17.5 Å². The molecule has 24 heavy (non-hydrogen) atoms. The quantitative estimate of drug-likeness (QED) is 0.324. The highest BCUT2D eigenvalue weighted by atomic mass is 16.4. The van der Waals surface area contributed by atoms with Crippen LogP contribution in [-0.4, -0.2) is 22.6 Å². The van der Waals surface area contributed by atoms with E-state index >= 15 is 0 Å². The van der Waals surface area contributed by atoms with Crippen molar-refractivity contribution in [1.82, 2.24) is 0 Å². The van der Waals surface area contributed by atoms with E-state index in [1.54, 1.807) is 6.08 Å². The molecule has 0 aromatic rings. The van der Waals surface area contributed by atoms with Crippen molar-refractivity contribution in [1.29, 1.82) is 0 Å². The van der Waals surface area contributed by atoms with Crippen LogP contribution in [0.3, 0.4) is 0 Å². The highest BCUT2D eigenvalue weighted by molar-refractivity contribution is 5.90. The molecule has 0 radical (unpaired) electrons. The number of Topliss-reactive ketones (excluding diaryl/α,β-unsaturated/α-hetero) is 1. The van der Waals surface area contributed by atoms with Crippen LogP contribution < -0.4 is 0 Å². The molecule has 0 heterocycles. The van der Waals surface area contributed by atoms with Crippen LogP contribution in [0.5, 0.6) is 0 Å². The van der Waals surface area contributed by atoms with Crippen molar-refractivity contribution in [2.24, 2.45) is 11.8 Å². The molecule has 0 saturated heterocycles. The zero-order valence-electron chi connectivity index (χ0n) is 14.7. The van der Waals surface area contributed by atoms with Crippen LogP contribution in [0.25, 0.3) is 0 Å². The summed E-state index contributed by atoms with van der Waals surface area (Å²) in [5.74, 6) is -0.205. The Hall–Kier alpha value is -1.71. The second-order valence-electron chi connectivity index (χ2n) is 6.55. The van der Waals surface area contributed by atoms with Gasteiger partial charge >= 0.3 is 5.97 Å². The SMILES string of the molecule is CCCCCC(=O)/C=C/[C@H]1CCC(=O)[C@H]1C/C=C\CCCC(=O)O. The molecule has 4 heteroatoms. The smallest absolute Gasteiger partial charge is 0.303 e. The van der Waals surface area contributed by atoms with E-state index in [-0.39, 0.29) is 29.8 Å². The van der Waals surface area contributed by atoms with E-state index in [0.717, 1.165) is 32.1 Å². The number of rotatable bonds is 12. The summed E-state index contributed by atoms with van der Waals surface area (Å²) in [4.78, 5) is 34.3. The summed E-state index contributed by atoms with van der Waals surface area (Å²) in [6, 6.07) is 0. The molecule has 1 fully saturated rings. The van der Waals surface area contributed by atoms with Crippen molar-refractivity contribution in [3.05, 3.63) is 24.3 Å². The van der Waals surface area contributed by atoms with E-state index in [4.69, 9.17) is 5.11 Å². The Kier molecular flexibility index (Phi) is 9.97. The Labute approximate surface area is 145 Å². The maximum absolute atomic E-state index is 12.0. The fraction of sp³-hybridized carbons (Fsp3) is 0.650. The lowest BCUT2D eigenvalue weighted by Crippen LogP contribution is -2.12. The van der Waals surface area contributed by atoms with E-state index < -0.39 is 5.97 Å². The summed E-state index contributed by atoms with van der Waals surface area (Å²) in [6.45, 7) is 2.12. The van der Waals surface area contributed by atoms with Gasteiger partial charge in [0.1, 0.15) is 5.78 Å². The number of carboxylic acids is 1. The van der Waals surface area contributed by atoms with Crippen molar-refractivity contribution in [3.8, 4) is 0 Å². The molecule has 2 atom stereocenters. The van der Waals surface area contributed by atoms with E-state index in [2.05, 4.69) is 6.92 Å². The summed E-state index contributed by atoms with van der Waals surface area (Å²) in [5, 5.41) is 8.58. The Bertz CT molecular complexity index is 476. The molecule has 0 spiro atoms. The van der Waals surface area contributed by atoms with Gasteiger partial charge in [0.25, 0.3) is 0 Å². The van der Waals surface area contributed by atoms with Gasteiger partial charge in [-0.3, -0.25) is 14.4 Å². The maximum Gasteiger partial charge on any atom is 0.303 e. The van der Waals surface area contributed by atoms with Gasteiger partial charge in [-0.15, -0.1) is 0 Å². The number of aliphatic carboxylic acids is 1. The van der Waals surface area contributed by atoms with Gasteiger partial charge in [0.05, 0.1) is 0 Å². The average molecular weight is 334 g/mol.